The van der Waals surface area contributed by atoms with Crippen molar-refractivity contribution in [1.82, 2.24) is 5.32 Å². The van der Waals surface area contributed by atoms with Gasteiger partial charge in [-0.3, -0.25) is 9.59 Å². The summed E-state index contributed by atoms with van der Waals surface area (Å²) in [4.78, 5) is 23.9. The Hall–Kier alpha value is -0.290. The van der Waals surface area contributed by atoms with E-state index in [0.29, 0.717) is 10.0 Å². The minimum atomic E-state index is -1.11. The molecule has 0 saturated carbocycles. The standard InChI is InChI=1S/C12H11BrCl3NO2/c1-12(2,9(18)10(13)16)17-11(19)6-3-7(14)5-8(15)4-6/h3-5,10H,1-2H3,(H,17,19). The van der Waals surface area contributed by atoms with E-state index in [2.05, 4.69) is 21.2 Å². The number of benzene rings is 1. The van der Waals surface area contributed by atoms with Gasteiger partial charge in [0, 0.05) is 15.6 Å². The van der Waals surface area contributed by atoms with Gasteiger partial charge in [0.2, 0.25) is 0 Å². The van der Waals surface area contributed by atoms with Crippen molar-refractivity contribution in [2.24, 2.45) is 0 Å². The fourth-order valence-corrected chi connectivity index (χ4v) is 2.75. The molecule has 0 spiro atoms. The lowest BCUT2D eigenvalue weighted by Gasteiger charge is -2.25. The van der Waals surface area contributed by atoms with E-state index in [-0.39, 0.29) is 11.3 Å². The molecular weight excluding hydrogens is 376 g/mol. The molecule has 1 aromatic rings. The first-order valence-electron chi connectivity index (χ1n) is 5.24. The van der Waals surface area contributed by atoms with E-state index in [1.54, 1.807) is 13.8 Å². The zero-order chi connectivity index (χ0) is 14.8. The average molecular weight is 387 g/mol. The van der Waals surface area contributed by atoms with Crippen molar-refractivity contribution in [3.8, 4) is 0 Å². The van der Waals surface area contributed by atoms with Crippen molar-refractivity contribution < 1.29 is 9.59 Å². The summed E-state index contributed by atoms with van der Waals surface area (Å²) in [6.45, 7) is 3.13. The molecule has 0 aliphatic heterocycles. The molecule has 104 valence electrons. The van der Waals surface area contributed by atoms with Crippen LogP contribution in [0.15, 0.2) is 18.2 Å². The fourth-order valence-electron chi connectivity index (χ4n) is 1.38. The first kappa shape index (κ1) is 16.8. The van der Waals surface area contributed by atoms with Crippen molar-refractivity contribution in [2.45, 2.75) is 23.7 Å². The van der Waals surface area contributed by atoms with Gasteiger partial charge >= 0.3 is 0 Å². The zero-order valence-electron chi connectivity index (χ0n) is 10.1. The van der Waals surface area contributed by atoms with Gasteiger partial charge in [0.05, 0.1) is 5.54 Å². The SMILES string of the molecule is CC(C)(NC(=O)c1cc(Cl)cc(Cl)c1)C(=O)C(Cl)Br. The molecule has 0 radical (unpaired) electrons. The molecule has 1 aromatic carbocycles. The Bertz CT molecular complexity index is 497. The smallest absolute Gasteiger partial charge is 0.252 e. The van der Waals surface area contributed by atoms with Gasteiger partial charge < -0.3 is 5.32 Å². The van der Waals surface area contributed by atoms with Gasteiger partial charge in [-0.15, -0.1) is 11.6 Å². The van der Waals surface area contributed by atoms with Crippen molar-refractivity contribution in [3.63, 3.8) is 0 Å². The van der Waals surface area contributed by atoms with Crippen LogP contribution in [0.25, 0.3) is 0 Å². The van der Waals surface area contributed by atoms with E-state index in [9.17, 15) is 9.59 Å². The van der Waals surface area contributed by atoms with Gasteiger partial charge in [-0.1, -0.05) is 39.1 Å². The number of hydrogen-bond acceptors (Lipinski definition) is 2. The maximum Gasteiger partial charge on any atom is 0.252 e. The lowest BCUT2D eigenvalue weighted by molar-refractivity contribution is -0.122. The Kier molecular flexibility index (Phi) is 5.68. The minimum absolute atomic E-state index is 0.277. The summed E-state index contributed by atoms with van der Waals surface area (Å²) >= 11 is 20.3. The number of hydrogen-bond donors (Lipinski definition) is 1. The summed E-state index contributed by atoms with van der Waals surface area (Å²) in [6, 6.07) is 4.45. The molecule has 7 heteroatoms. The average Bonchev–Trinajstić information content (AvgIpc) is 2.25. The van der Waals surface area contributed by atoms with E-state index < -0.39 is 15.7 Å². The van der Waals surface area contributed by atoms with Gasteiger partial charge in [-0.2, -0.15) is 0 Å². The number of ketones is 1. The number of halogens is 4. The van der Waals surface area contributed by atoms with Gasteiger partial charge in [0.25, 0.3) is 5.91 Å². The summed E-state index contributed by atoms with van der Waals surface area (Å²) in [5.41, 5.74) is -0.832. The normalized spacial score (nSPS) is 12.9. The minimum Gasteiger partial charge on any atom is -0.340 e. The van der Waals surface area contributed by atoms with E-state index in [1.807, 2.05) is 0 Å². The molecule has 1 unspecified atom stereocenters. The quantitative estimate of drug-likeness (QED) is 0.793. The van der Waals surface area contributed by atoms with Gasteiger partial charge in [0.1, 0.15) is 4.29 Å². The third-order valence-corrected chi connectivity index (χ3v) is 3.42. The molecule has 0 aromatic heterocycles. The Morgan fingerprint density at radius 1 is 1.21 bits per heavy atom. The molecule has 1 atom stereocenters. The topological polar surface area (TPSA) is 46.2 Å². The largest absolute Gasteiger partial charge is 0.340 e. The predicted octanol–water partition coefficient (Wildman–Crippen LogP) is 4.03. The molecule has 0 fully saturated rings. The monoisotopic (exact) mass is 385 g/mol. The van der Waals surface area contributed by atoms with Crippen LogP contribution in [0.4, 0.5) is 0 Å². The summed E-state index contributed by atoms with van der Waals surface area (Å²) in [5.74, 6) is -0.803. The predicted molar refractivity (Wildman–Crippen MR) is 81.6 cm³/mol. The Morgan fingerprint density at radius 3 is 2.11 bits per heavy atom. The highest BCUT2D eigenvalue weighted by molar-refractivity contribution is 9.10. The lowest BCUT2D eigenvalue weighted by Crippen LogP contribution is -2.51. The van der Waals surface area contributed by atoms with Crippen LogP contribution < -0.4 is 5.32 Å². The highest BCUT2D eigenvalue weighted by atomic mass is 79.9. The molecule has 0 bridgehead atoms. The Morgan fingerprint density at radius 2 is 1.68 bits per heavy atom. The van der Waals surface area contributed by atoms with Gasteiger partial charge in [-0.25, -0.2) is 0 Å². The van der Waals surface area contributed by atoms with Gasteiger partial charge in [0.15, 0.2) is 5.78 Å². The van der Waals surface area contributed by atoms with Crippen LogP contribution in [0.5, 0.6) is 0 Å². The van der Waals surface area contributed by atoms with E-state index >= 15 is 0 Å². The van der Waals surface area contributed by atoms with Crippen molar-refractivity contribution in [3.05, 3.63) is 33.8 Å². The summed E-state index contributed by atoms with van der Waals surface area (Å²) in [7, 11) is 0. The maximum absolute atomic E-state index is 12.1. The van der Waals surface area contributed by atoms with Crippen LogP contribution in [-0.4, -0.2) is 21.5 Å². The van der Waals surface area contributed by atoms with Crippen LogP contribution in [-0.2, 0) is 4.79 Å². The third kappa shape index (κ3) is 4.63. The van der Waals surface area contributed by atoms with Crippen molar-refractivity contribution >= 4 is 62.4 Å². The van der Waals surface area contributed by atoms with Crippen molar-refractivity contribution in [1.29, 1.82) is 0 Å². The molecule has 1 rings (SSSR count). The van der Waals surface area contributed by atoms with Crippen LogP contribution in [0.3, 0.4) is 0 Å². The zero-order valence-corrected chi connectivity index (χ0v) is 14.0. The molecule has 0 saturated heterocycles. The fraction of sp³-hybridized carbons (Fsp3) is 0.333. The molecular formula is C12H11BrCl3NO2. The van der Waals surface area contributed by atoms with E-state index in [0.717, 1.165) is 0 Å². The molecule has 1 amide bonds. The highest BCUT2D eigenvalue weighted by Crippen LogP contribution is 2.21. The van der Waals surface area contributed by atoms with Crippen LogP contribution in [0.1, 0.15) is 24.2 Å². The van der Waals surface area contributed by atoms with Crippen molar-refractivity contribution in [2.75, 3.05) is 0 Å². The second kappa shape index (κ2) is 6.44. The highest BCUT2D eigenvalue weighted by Gasteiger charge is 2.33. The molecule has 1 N–H and O–H groups in total. The lowest BCUT2D eigenvalue weighted by atomic mass is 9.99. The molecule has 0 aliphatic rings. The maximum atomic E-state index is 12.1. The molecule has 0 heterocycles. The van der Waals surface area contributed by atoms with E-state index in [4.69, 9.17) is 34.8 Å². The summed E-state index contributed by atoms with van der Waals surface area (Å²) in [6.07, 6.45) is 0. The number of amides is 1. The van der Waals surface area contributed by atoms with Crippen LogP contribution in [0.2, 0.25) is 10.0 Å². The number of carbonyl (C=O) groups is 2. The van der Waals surface area contributed by atoms with E-state index in [1.165, 1.54) is 18.2 Å². The molecule has 0 aliphatic carbocycles. The second-order valence-corrected chi connectivity index (χ2v) is 7.15. The van der Waals surface area contributed by atoms with Gasteiger partial charge in [-0.05, 0) is 32.0 Å². The molecule has 19 heavy (non-hydrogen) atoms. The first-order chi connectivity index (χ1) is 8.63. The Labute approximate surface area is 134 Å². The number of carbonyl (C=O) groups excluding carboxylic acids is 2. The summed E-state index contributed by atoms with van der Waals surface area (Å²) in [5, 5.41) is 3.28. The third-order valence-electron chi connectivity index (χ3n) is 2.36. The number of alkyl halides is 2. The number of nitrogens with one attached hydrogen (secondary N) is 1. The number of rotatable bonds is 4. The molecule has 3 nitrogen and oxygen atoms in total. The second-order valence-electron chi connectivity index (χ2n) is 4.40. The van der Waals surface area contributed by atoms with Crippen LogP contribution >= 0.6 is 50.7 Å². The Balaban J connectivity index is 2.93. The summed E-state index contributed by atoms with van der Waals surface area (Å²) < 4.78 is -0.870. The first-order valence-corrected chi connectivity index (χ1v) is 7.35. The number of Topliss-reactive ketones (excluding diaryl/α,β-unsaturated/α-hetero) is 1. The van der Waals surface area contributed by atoms with Crippen LogP contribution in [0, 0.1) is 0 Å².